The molecule has 6 heteroatoms. The maximum absolute atomic E-state index is 11.8. The second kappa shape index (κ2) is 5.17. The molecule has 1 aromatic rings. The van der Waals surface area contributed by atoms with Gasteiger partial charge in [-0.2, -0.15) is 5.26 Å². The summed E-state index contributed by atoms with van der Waals surface area (Å²) in [6.07, 6.45) is 4.59. The summed E-state index contributed by atoms with van der Waals surface area (Å²) < 4.78 is 26.4. The van der Waals surface area contributed by atoms with Gasteiger partial charge in [-0.1, -0.05) is 12.8 Å². The van der Waals surface area contributed by atoms with Gasteiger partial charge in [0.2, 0.25) is 10.0 Å². The SMILES string of the molecule is N#Cc1ccc(S(=O)(=O)NCCCC2CC2)s1. The largest absolute Gasteiger partial charge is 0.250 e. The molecule has 0 saturated heterocycles. The molecule has 1 aromatic heterocycles. The van der Waals surface area contributed by atoms with Gasteiger partial charge in [0.05, 0.1) is 0 Å². The molecule has 0 amide bonds. The summed E-state index contributed by atoms with van der Waals surface area (Å²) in [7, 11) is -3.41. The smallest absolute Gasteiger partial charge is 0.210 e. The fraction of sp³-hybridized carbons (Fsp3) is 0.545. The van der Waals surface area contributed by atoms with Crippen molar-refractivity contribution >= 4 is 21.4 Å². The van der Waals surface area contributed by atoms with Crippen LogP contribution in [0.3, 0.4) is 0 Å². The summed E-state index contributed by atoms with van der Waals surface area (Å²) in [5, 5.41) is 8.64. The molecule has 2 rings (SSSR count). The molecule has 0 radical (unpaired) electrons. The van der Waals surface area contributed by atoms with Crippen LogP contribution in [0.1, 0.15) is 30.6 Å². The van der Waals surface area contributed by atoms with Crippen LogP contribution in [0, 0.1) is 17.2 Å². The molecular formula is C11H14N2O2S2. The van der Waals surface area contributed by atoms with Crippen molar-refractivity contribution < 1.29 is 8.42 Å². The quantitative estimate of drug-likeness (QED) is 0.805. The minimum absolute atomic E-state index is 0.223. The Kier molecular flexibility index (Phi) is 3.82. The summed E-state index contributed by atoms with van der Waals surface area (Å²) in [6, 6.07) is 4.95. The second-order valence-electron chi connectivity index (χ2n) is 4.21. The fourth-order valence-corrected chi connectivity index (χ4v) is 3.82. The normalized spacial score (nSPS) is 15.7. The summed E-state index contributed by atoms with van der Waals surface area (Å²) in [5.41, 5.74) is 0. The molecule has 0 atom stereocenters. The van der Waals surface area contributed by atoms with Crippen molar-refractivity contribution in [2.24, 2.45) is 5.92 Å². The molecule has 0 aliphatic heterocycles. The number of sulfonamides is 1. The highest BCUT2D eigenvalue weighted by Crippen LogP contribution is 2.33. The first-order valence-electron chi connectivity index (χ1n) is 5.61. The maximum atomic E-state index is 11.8. The average molecular weight is 270 g/mol. The number of nitriles is 1. The van der Waals surface area contributed by atoms with Gasteiger partial charge in [0.15, 0.2) is 0 Å². The number of hydrogen-bond acceptors (Lipinski definition) is 4. The van der Waals surface area contributed by atoms with Gasteiger partial charge in [-0.25, -0.2) is 13.1 Å². The molecular weight excluding hydrogens is 256 g/mol. The van der Waals surface area contributed by atoms with E-state index < -0.39 is 10.0 Å². The summed E-state index contributed by atoms with van der Waals surface area (Å²) in [6.45, 7) is 0.485. The Morgan fingerprint density at radius 3 is 2.82 bits per heavy atom. The lowest BCUT2D eigenvalue weighted by Gasteiger charge is -2.03. The number of nitrogens with zero attached hydrogens (tertiary/aromatic N) is 1. The number of hydrogen-bond donors (Lipinski definition) is 1. The molecule has 1 aliphatic carbocycles. The van der Waals surface area contributed by atoms with Gasteiger partial charge in [-0.05, 0) is 30.9 Å². The molecule has 4 nitrogen and oxygen atoms in total. The molecule has 1 saturated carbocycles. The van der Waals surface area contributed by atoms with Gasteiger partial charge in [0, 0.05) is 6.54 Å². The van der Waals surface area contributed by atoms with E-state index in [1.165, 1.54) is 25.0 Å². The molecule has 1 N–H and O–H groups in total. The standard InChI is InChI=1S/C11H14N2O2S2/c12-8-10-5-6-11(16-10)17(14,15)13-7-1-2-9-3-4-9/h5-6,9,13H,1-4,7H2. The van der Waals surface area contributed by atoms with E-state index in [0.29, 0.717) is 11.4 Å². The zero-order chi connectivity index (χ0) is 12.3. The predicted octanol–water partition coefficient (Wildman–Crippen LogP) is 2.09. The first kappa shape index (κ1) is 12.6. The molecule has 0 spiro atoms. The average Bonchev–Trinajstić information content (AvgIpc) is 2.98. The van der Waals surface area contributed by atoms with Crippen molar-refractivity contribution in [3.05, 3.63) is 17.0 Å². The van der Waals surface area contributed by atoms with Gasteiger partial charge >= 0.3 is 0 Å². The van der Waals surface area contributed by atoms with Crippen molar-refractivity contribution in [1.82, 2.24) is 4.72 Å². The number of thiophene rings is 1. The zero-order valence-corrected chi connectivity index (χ0v) is 11.0. The molecule has 92 valence electrons. The Morgan fingerprint density at radius 1 is 1.47 bits per heavy atom. The van der Waals surface area contributed by atoms with E-state index in [1.54, 1.807) is 0 Å². The topological polar surface area (TPSA) is 70.0 Å². The van der Waals surface area contributed by atoms with E-state index in [0.717, 1.165) is 30.1 Å². The third-order valence-corrected chi connectivity index (χ3v) is 5.68. The lowest BCUT2D eigenvalue weighted by Crippen LogP contribution is -2.24. The number of nitrogens with one attached hydrogen (secondary N) is 1. The van der Waals surface area contributed by atoms with Crippen LogP contribution in [0.2, 0.25) is 0 Å². The van der Waals surface area contributed by atoms with Crippen molar-refractivity contribution in [1.29, 1.82) is 5.26 Å². The van der Waals surface area contributed by atoms with Gasteiger partial charge < -0.3 is 0 Å². The van der Waals surface area contributed by atoms with E-state index >= 15 is 0 Å². The van der Waals surface area contributed by atoms with Gasteiger partial charge in [-0.3, -0.25) is 0 Å². The van der Waals surface area contributed by atoms with Crippen LogP contribution in [-0.4, -0.2) is 15.0 Å². The van der Waals surface area contributed by atoms with E-state index in [9.17, 15) is 8.42 Å². The first-order chi connectivity index (χ1) is 8.12. The summed E-state index contributed by atoms with van der Waals surface area (Å²) in [4.78, 5) is 0.420. The highest BCUT2D eigenvalue weighted by atomic mass is 32.2. The Morgan fingerprint density at radius 2 is 2.24 bits per heavy atom. The van der Waals surface area contributed by atoms with Crippen molar-refractivity contribution in [2.45, 2.75) is 29.9 Å². The van der Waals surface area contributed by atoms with E-state index in [-0.39, 0.29) is 4.21 Å². The third kappa shape index (κ3) is 3.53. The Labute approximate surface area is 105 Å². The molecule has 0 bridgehead atoms. The molecule has 0 unspecified atom stereocenters. The van der Waals surface area contributed by atoms with E-state index in [1.807, 2.05) is 6.07 Å². The van der Waals surface area contributed by atoms with Crippen LogP contribution in [0.4, 0.5) is 0 Å². The monoisotopic (exact) mass is 270 g/mol. The van der Waals surface area contributed by atoms with E-state index in [2.05, 4.69) is 4.72 Å². The van der Waals surface area contributed by atoms with Crippen molar-refractivity contribution in [3.8, 4) is 6.07 Å². The third-order valence-electron chi connectivity index (χ3n) is 2.73. The highest BCUT2D eigenvalue weighted by molar-refractivity contribution is 7.91. The van der Waals surface area contributed by atoms with Crippen LogP contribution in [-0.2, 0) is 10.0 Å². The van der Waals surface area contributed by atoms with Crippen molar-refractivity contribution in [2.75, 3.05) is 6.54 Å². The van der Waals surface area contributed by atoms with Crippen LogP contribution in [0.5, 0.6) is 0 Å². The van der Waals surface area contributed by atoms with Gasteiger partial charge in [-0.15, -0.1) is 11.3 Å². The minimum atomic E-state index is -3.41. The second-order valence-corrected chi connectivity index (χ2v) is 7.29. The molecule has 1 fully saturated rings. The lowest BCUT2D eigenvalue weighted by molar-refractivity contribution is 0.574. The zero-order valence-electron chi connectivity index (χ0n) is 9.35. The minimum Gasteiger partial charge on any atom is -0.210 e. The highest BCUT2D eigenvalue weighted by Gasteiger charge is 2.21. The van der Waals surface area contributed by atoms with E-state index in [4.69, 9.17) is 5.26 Å². The van der Waals surface area contributed by atoms with Gasteiger partial charge in [0.1, 0.15) is 15.2 Å². The molecule has 1 aliphatic rings. The van der Waals surface area contributed by atoms with Crippen molar-refractivity contribution in [3.63, 3.8) is 0 Å². The number of rotatable bonds is 6. The fourth-order valence-electron chi connectivity index (χ4n) is 1.60. The first-order valence-corrected chi connectivity index (χ1v) is 7.91. The maximum Gasteiger partial charge on any atom is 0.250 e. The lowest BCUT2D eigenvalue weighted by atomic mass is 10.2. The Balaban J connectivity index is 1.86. The predicted molar refractivity (Wildman–Crippen MR) is 66.2 cm³/mol. The van der Waals surface area contributed by atoms with Crippen LogP contribution < -0.4 is 4.72 Å². The summed E-state index contributed by atoms with van der Waals surface area (Å²) in [5.74, 6) is 0.825. The Bertz CT molecular complexity index is 524. The summed E-state index contributed by atoms with van der Waals surface area (Å²) >= 11 is 1.00. The molecule has 1 heterocycles. The molecule has 0 aromatic carbocycles. The van der Waals surface area contributed by atoms with Gasteiger partial charge in [0.25, 0.3) is 0 Å². The Hall–Kier alpha value is -0.900. The van der Waals surface area contributed by atoms with Crippen LogP contribution in [0.25, 0.3) is 0 Å². The van der Waals surface area contributed by atoms with Crippen LogP contribution in [0.15, 0.2) is 16.3 Å². The van der Waals surface area contributed by atoms with Crippen LogP contribution >= 0.6 is 11.3 Å². The molecule has 17 heavy (non-hydrogen) atoms.